The van der Waals surface area contributed by atoms with Crippen LogP contribution in [0.5, 0.6) is 0 Å². The number of nitrogens with one attached hydrogen (secondary N) is 1. The fourth-order valence-electron chi connectivity index (χ4n) is 2.02. The molecule has 0 fully saturated rings. The van der Waals surface area contributed by atoms with E-state index in [4.69, 9.17) is 11.5 Å². The third-order valence-corrected chi connectivity index (χ3v) is 3.08. The van der Waals surface area contributed by atoms with Crippen LogP contribution in [0.2, 0.25) is 0 Å². The quantitative estimate of drug-likeness (QED) is 0.689. The number of H-pyrrole nitrogens is 1. The lowest BCUT2D eigenvalue weighted by molar-refractivity contribution is 0.531. The molecule has 1 atom stereocenters. The molecule has 3 rings (SSSR count). The highest BCUT2D eigenvalue weighted by molar-refractivity contribution is 5.75. The zero-order chi connectivity index (χ0) is 11.9. The molecule has 17 heavy (non-hydrogen) atoms. The molecule has 1 unspecified atom stereocenters. The molecule has 1 aromatic carbocycles. The molecule has 86 valence electrons. The van der Waals surface area contributed by atoms with Gasteiger partial charge in [-0.05, 0) is 24.6 Å². The van der Waals surface area contributed by atoms with Crippen LogP contribution < -0.4 is 11.5 Å². The van der Waals surface area contributed by atoms with Gasteiger partial charge in [0, 0.05) is 5.70 Å². The van der Waals surface area contributed by atoms with Crippen LogP contribution in [0.4, 0.5) is 0 Å². The molecule has 1 aromatic heterocycles. The van der Waals surface area contributed by atoms with Crippen molar-refractivity contribution in [3.8, 4) is 0 Å². The Hall–Kier alpha value is -2.07. The van der Waals surface area contributed by atoms with Crippen LogP contribution in [-0.2, 0) is 5.54 Å². The highest BCUT2D eigenvalue weighted by Gasteiger charge is 2.28. The number of allylic oxidation sites excluding steroid dienone is 1. The van der Waals surface area contributed by atoms with Crippen LogP contribution in [0.1, 0.15) is 12.2 Å². The fourth-order valence-corrected chi connectivity index (χ4v) is 2.02. The van der Waals surface area contributed by atoms with E-state index in [-0.39, 0.29) is 0 Å². The molecule has 0 saturated carbocycles. The van der Waals surface area contributed by atoms with Gasteiger partial charge < -0.3 is 16.5 Å². The first-order chi connectivity index (χ1) is 8.17. The third-order valence-electron chi connectivity index (χ3n) is 3.08. The number of hydrogen-bond acceptors (Lipinski definition) is 3. The highest BCUT2D eigenvalue weighted by atomic mass is 15.0. The van der Waals surface area contributed by atoms with Crippen molar-refractivity contribution in [2.75, 3.05) is 0 Å². The maximum Gasteiger partial charge on any atom is 0.131 e. The van der Waals surface area contributed by atoms with Crippen LogP contribution in [0.15, 0.2) is 48.2 Å². The van der Waals surface area contributed by atoms with Crippen molar-refractivity contribution < 1.29 is 0 Å². The molecule has 0 amide bonds. The van der Waals surface area contributed by atoms with E-state index in [0.29, 0.717) is 6.42 Å². The number of fused-ring (bicyclic) bond motifs is 1. The molecular formula is C13H14N4. The second-order valence-electron chi connectivity index (χ2n) is 4.38. The van der Waals surface area contributed by atoms with E-state index in [2.05, 4.69) is 9.97 Å². The van der Waals surface area contributed by atoms with Crippen molar-refractivity contribution in [3.05, 3.63) is 54.0 Å². The van der Waals surface area contributed by atoms with Crippen molar-refractivity contribution in [2.24, 2.45) is 11.5 Å². The van der Waals surface area contributed by atoms with E-state index in [1.807, 2.05) is 42.5 Å². The Morgan fingerprint density at radius 1 is 1.29 bits per heavy atom. The minimum atomic E-state index is -0.581. The molecule has 0 aliphatic heterocycles. The van der Waals surface area contributed by atoms with E-state index in [1.54, 1.807) is 0 Å². The average Bonchev–Trinajstić information content (AvgIpc) is 2.77. The molecule has 4 nitrogen and oxygen atoms in total. The minimum Gasteiger partial charge on any atom is -0.399 e. The lowest BCUT2D eigenvalue weighted by atomic mass is 9.91. The number of para-hydroxylation sites is 2. The first kappa shape index (κ1) is 10.1. The Kier molecular flexibility index (Phi) is 2.06. The Labute approximate surface area is 99.0 Å². The normalized spacial score (nSPS) is 23.9. The Bertz CT molecular complexity index is 590. The van der Waals surface area contributed by atoms with Crippen molar-refractivity contribution >= 4 is 11.0 Å². The second-order valence-corrected chi connectivity index (χ2v) is 4.38. The van der Waals surface area contributed by atoms with E-state index in [0.717, 1.165) is 22.6 Å². The molecule has 5 N–H and O–H groups in total. The summed E-state index contributed by atoms with van der Waals surface area (Å²) in [7, 11) is 0. The first-order valence-electron chi connectivity index (χ1n) is 5.56. The maximum absolute atomic E-state index is 6.33. The third kappa shape index (κ3) is 1.62. The van der Waals surface area contributed by atoms with Gasteiger partial charge in [-0.2, -0.15) is 0 Å². The number of aromatic amines is 1. The van der Waals surface area contributed by atoms with Gasteiger partial charge in [0.15, 0.2) is 0 Å². The molecule has 0 radical (unpaired) electrons. The number of rotatable bonds is 1. The van der Waals surface area contributed by atoms with Crippen LogP contribution >= 0.6 is 0 Å². The number of nitrogens with two attached hydrogens (primary N) is 2. The Morgan fingerprint density at radius 3 is 2.82 bits per heavy atom. The number of benzene rings is 1. The maximum atomic E-state index is 6.33. The summed E-state index contributed by atoms with van der Waals surface area (Å²) in [4.78, 5) is 7.79. The number of aromatic nitrogens is 2. The van der Waals surface area contributed by atoms with Gasteiger partial charge in [0.1, 0.15) is 5.82 Å². The fraction of sp³-hybridized carbons (Fsp3) is 0.154. The van der Waals surface area contributed by atoms with Gasteiger partial charge in [0.05, 0.1) is 16.6 Å². The molecule has 1 heterocycles. The van der Waals surface area contributed by atoms with Crippen LogP contribution in [-0.4, -0.2) is 9.97 Å². The zero-order valence-corrected chi connectivity index (χ0v) is 9.35. The standard InChI is InChI=1S/C13H14N4/c14-9-5-7-13(15,8-6-9)12-16-10-3-1-2-4-11(10)17-12/h1-7H,8,14-15H2,(H,16,17). The van der Waals surface area contributed by atoms with E-state index >= 15 is 0 Å². The predicted molar refractivity (Wildman–Crippen MR) is 68.0 cm³/mol. The number of nitrogens with zero attached hydrogens (tertiary/aromatic N) is 1. The summed E-state index contributed by atoms with van der Waals surface area (Å²) >= 11 is 0. The van der Waals surface area contributed by atoms with Gasteiger partial charge >= 0.3 is 0 Å². The topological polar surface area (TPSA) is 80.7 Å². The molecule has 0 bridgehead atoms. The predicted octanol–water partition coefficient (Wildman–Crippen LogP) is 1.52. The molecule has 4 heteroatoms. The first-order valence-corrected chi connectivity index (χ1v) is 5.56. The molecule has 1 aliphatic rings. The van der Waals surface area contributed by atoms with Crippen molar-refractivity contribution in [2.45, 2.75) is 12.0 Å². The van der Waals surface area contributed by atoms with E-state index < -0.39 is 5.54 Å². The van der Waals surface area contributed by atoms with Crippen LogP contribution in [0, 0.1) is 0 Å². The average molecular weight is 226 g/mol. The summed E-state index contributed by atoms with van der Waals surface area (Å²) in [6.07, 6.45) is 6.32. The number of hydrogen-bond donors (Lipinski definition) is 3. The summed E-state index contributed by atoms with van der Waals surface area (Å²) in [5, 5.41) is 0. The van der Waals surface area contributed by atoms with Gasteiger partial charge in [0.25, 0.3) is 0 Å². The second kappa shape index (κ2) is 3.46. The number of imidazole rings is 1. The highest BCUT2D eigenvalue weighted by Crippen LogP contribution is 2.27. The Balaban J connectivity index is 2.07. The molecule has 0 spiro atoms. The van der Waals surface area contributed by atoms with Gasteiger partial charge in [-0.25, -0.2) is 4.98 Å². The van der Waals surface area contributed by atoms with E-state index in [1.165, 1.54) is 0 Å². The van der Waals surface area contributed by atoms with Crippen LogP contribution in [0.3, 0.4) is 0 Å². The van der Waals surface area contributed by atoms with Crippen LogP contribution in [0.25, 0.3) is 11.0 Å². The minimum absolute atomic E-state index is 0.581. The molecule has 2 aromatic rings. The summed E-state index contributed by atoms with van der Waals surface area (Å²) in [5.41, 5.74) is 14.1. The Morgan fingerprint density at radius 2 is 2.12 bits per heavy atom. The monoisotopic (exact) mass is 226 g/mol. The van der Waals surface area contributed by atoms with Gasteiger partial charge in [0.2, 0.25) is 0 Å². The SMILES string of the molecule is NC1=CCC(N)(c2nc3ccccc3[nH]2)C=C1. The van der Waals surface area contributed by atoms with E-state index in [9.17, 15) is 0 Å². The summed E-state index contributed by atoms with van der Waals surface area (Å²) in [6, 6.07) is 7.90. The van der Waals surface area contributed by atoms with Gasteiger partial charge in [-0.1, -0.05) is 24.3 Å². The van der Waals surface area contributed by atoms with Gasteiger partial charge in [-0.3, -0.25) is 0 Å². The lowest BCUT2D eigenvalue weighted by Crippen LogP contribution is -2.36. The van der Waals surface area contributed by atoms with Crippen molar-refractivity contribution in [3.63, 3.8) is 0 Å². The zero-order valence-electron chi connectivity index (χ0n) is 9.35. The lowest BCUT2D eigenvalue weighted by Gasteiger charge is -2.24. The summed E-state index contributed by atoms with van der Waals surface area (Å²) in [5.74, 6) is 0.777. The molecule has 1 aliphatic carbocycles. The summed E-state index contributed by atoms with van der Waals surface area (Å²) in [6.45, 7) is 0. The van der Waals surface area contributed by atoms with Crippen molar-refractivity contribution in [1.29, 1.82) is 0 Å². The smallest absolute Gasteiger partial charge is 0.131 e. The molecular weight excluding hydrogens is 212 g/mol. The summed E-state index contributed by atoms with van der Waals surface area (Å²) < 4.78 is 0. The van der Waals surface area contributed by atoms with Gasteiger partial charge in [-0.15, -0.1) is 0 Å². The molecule has 0 saturated heterocycles. The van der Waals surface area contributed by atoms with Crippen molar-refractivity contribution in [1.82, 2.24) is 9.97 Å². The largest absolute Gasteiger partial charge is 0.399 e.